The second kappa shape index (κ2) is 4.11. The Morgan fingerprint density at radius 3 is 2.94 bits per heavy atom. The highest BCUT2D eigenvalue weighted by Crippen LogP contribution is 2.22. The lowest BCUT2D eigenvalue weighted by atomic mass is 10.2. The highest BCUT2D eigenvalue weighted by Gasteiger charge is 2.06. The normalized spacial score (nSPS) is 10.0. The summed E-state index contributed by atoms with van der Waals surface area (Å²) >= 11 is 0. The van der Waals surface area contributed by atoms with Gasteiger partial charge in [0.2, 0.25) is 0 Å². The first-order chi connectivity index (χ1) is 7.74. The van der Waals surface area contributed by atoms with Crippen molar-refractivity contribution in [3.05, 3.63) is 40.7 Å². The quantitative estimate of drug-likeness (QED) is 0.709. The third-order valence-corrected chi connectivity index (χ3v) is 2.43. The molecule has 3 nitrogen and oxygen atoms in total. The van der Waals surface area contributed by atoms with E-state index in [0.29, 0.717) is 5.75 Å². The van der Waals surface area contributed by atoms with Gasteiger partial charge in [-0.25, -0.2) is 0 Å². The molecule has 0 amide bonds. The van der Waals surface area contributed by atoms with E-state index < -0.39 is 0 Å². The Morgan fingerprint density at radius 1 is 1.44 bits per heavy atom. The van der Waals surface area contributed by atoms with Crippen LogP contribution in [-0.2, 0) is 7.05 Å². The molecule has 0 spiro atoms. The number of hydrogen-bond acceptors (Lipinski definition) is 2. The summed E-state index contributed by atoms with van der Waals surface area (Å²) < 4.78 is 6.94. The molecule has 0 atom stereocenters. The number of hydrogen-bond donors (Lipinski definition) is 0. The monoisotopic (exact) mass is 213 g/mol. The minimum atomic E-state index is -0.106. The zero-order chi connectivity index (χ0) is 11.5. The van der Waals surface area contributed by atoms with Crippen LogP contribution in [0.4, 0.5) is 0 Å². The van der Waals surface area contributed by atoms with E-state index >= 15 is 0 Å². The van der Waals surface area contributed by atoms with Crippen molar-refractivity contribution >= 4 is 10.9 Å². The topological polar surface area (TPSA) is 31.2 Å². The molecule has 0 aliphatic carbocycles. The fourth-order valence-electron chi connectivity index (χ4n) is 1.62. The Bertz CT molecular complexity index is 620. The first-order valence-corrected chi connectivity index (χ1v) is 4.89. The molecule has 0 saturated carbocycles. The highest BCUT2D eigenvalue weighted by atomic mass is 16.5. The van der Waals surface area contributed by atoms with Crippen molar-refractivity contribution in [1.82, 2.24) is 4.57 Å². The number of ether oxygens (including phenoxy) is 1. The van der Waals surface area contributed by atoms with Gasteiger partial charge in [-0.15, -0.1) is 6.42 Å². The molecule has 80 valence electrons. The maximum atomic E-state index is 11.6. The van der Waals surface area contributed by atoms with Crippen LogP contribution in [0.1, 0.15) is 0 Å². The van der Waals surface area contributed by atoms with Gasteiger partial charge in [-0.1, -0.05) is 18.1 Å². The average Bonchev–Trinajstić information content (AvgIpc) is 2.32. The number of terminal acetylenes is 1. The van der Waals surface area contributed by atoms with Gasteiger partial charge in [0.15, 0.2) is 0 Å². The molecule has 0 aliphatic rings. The molecule has 2 aromatic rings. The number of aromatic nitrogens is 1. The summed E-state index contributed by atoms with van der Waals surface area (Å²) in [5.74, 6) is 2.92. The lowest BCUT2D eigenvalue weighted by Crippen LogP contribution is -2.16. The first kappa shape index (κ1) is 10.3. The Balaban J connectivity index is 2.71. The Labute approximate surface area is 93.3 Å². The van der Waals surface area contributed by atoms with E-state index in [4.69, 9.17) is 11.2 Å². The number of rotatable bonds is 2. The van der Waals surface area contributed by atoms with Gasteiger partial charge < -0.3 is 9.30 Å². The average molecular weight is 213 g/mol. The third-order valence-electron chi connectivity index (χ3n) is 2.43. The molecule has 1 aromatic carbocycles. The van der Waals surface area contributed by atoms with E-state index in [9.17, 15) is 4.79 Å². The Morgan fingerprint density at radius 2 is 2.19 bits per heavy atom. The molecule has 0 bridgehead atoms. The molecule has 1 heterocycles. The van der Waals surface area contributed by atoms with E-state index in [2.05, 4.69) is 5.92 Å². The fraction of sp³-hybridized carbons (Fsp3) is 0.154. The van der Waals surface area contributed by atoms with Crippen LogP contribution in [0.5, 0.6) is 5.75 Å². The van der Waals surface area contributed by atoms with Crippen molar-refractivity contribution in [1.29, 1.82) is 0 Å². The van der Waals surface area contributed by atoms with Gasteiger partial charge >= 0.3 is 0 Å². The predicted molar refractivity (Wildman–Crippen MR) is 63.5 cm³/mol. The van der Waals surface area contributed by atoms with Gasteiger partial charge in [-0.2, -0.15) is 0 Å². The first-order valence-electron chi connectivity index (χ1n) is 4.89. The highest BCUT2D eigenvalue weighted by molar-refractivity contribution is 5.85. The molecule has 2 rings (SSSR count). The molecular formula is C13H11NO2. The van der Waals surface area contributed by atoms with E-state index in [1.54, 1.807) is 11.6 Å². The van der Waals surface area contributed by atoms with Gasteiger partial charge in [-0.05, 0) is 12.1 Å². The van der Waals surface area contributed by atoms with Gasteiger partial charge in [0.05, 0.1) is 5.52 Å². The van der Waals surface area contributed by atoms with Crippen LogP contribution in [0.3, 0.4) is 0 Å². The minimum Gasteiger partial charge on any atom is -0.480 e. The second-order valence-electron chi connectivity index (χ2n) is 3.42. The zero-order valence-corrected chi connectivity index (χ0v) is 8.93. The summed E-state index contributed by atoms with van der Waals surface area (Å²) in [6, 6.07) is 9.02. The third kappa shape index (κ3) is 1.66. The summed E-state index contributed by atoms with van der Waals surface area (Å²) in [6.07, 6.45) is 5.13. The summed E-state index contributed by atoms with van der Waals surface area (Å²) in [4.78, 5) is 11.6. The van der Waals surface area contributed by atoms with Crippen LogP contribution in [0, 0.1) is 12.3 Å². The van der Waals surface area contributed by atoms with Crippen molar-refractivity contribution < 1.29 is 4.74 Å². The van der Waals surface area contributed by atoms with Gasteiger partial charge in [-0.3, -0.25) is 4.79 Å². The molecule has 0 aliphatic heterocycles. The van der Waals surface area contributed by atoms with Crippen LogP contribution in [0.15, 0.2) is 35.1 Å². The van der Waals surface area contributed by atoms with Crippen LogP contribution in [0.2, 0.25) is 0 Å². The number of fused-ring (bicyclic) bond motifs is 1. The van der Waals surface area contributed by atoms with Crippen LogP contribution in [-0.4, -0.2) is 11.2 Å². The zero-order valence-electron chi connectivity index (χ0n) is 8.93. The van der Waals surface area contributed by atoms with E-state index in [1.165, 1.54) is 6.07 Å². The predicted octanol–water partition coefficient (Wildman–Crippen LogP) is 1.55. The SMILES string of the molecule is C#CCOc1cc(=O)n(C)c2ccccc12. The lowest BCUT2D eigenvalue weighted by molar-refractivity contribution is 0.374. The standard InChI is InChI=1S/C13H11NO2/c1-3-8-16-12-9-13(15)14(2)11-7-5-4-6-10(11)12/h1,4-7,9H,8H2,2H3. The molecule has 0 fully saturated rings. The summed E-state index contributed by atoms with van der Waals surface area (Å²) in [5.41, 5.74) is 0.729. The van der Waals surface area contributed by atoms with Crippen LogP contribution in [0.25, 0.3) is 10.9 Å². The molecule has 0 radical (unpaired) electrons. The fourth-order valence-corrected chi connectivity index (χ4v) is 1.62. The number of benzene rings is 1. The molecule has 0 N–H and O–H groups in total. The smallest absolute Gasteiger partial charge is 0.254 e. The van der Waals surface area contributed by atoms with Gasteiger partial charge in [0, 0.05) is 18.5 Å². The molecular weight excluding hydrogens is 202 g/mol. The number of aryl methyl sites for hydroxylation is 1. The Hall–Kier alpha value is -2.21. The number of para-hydroxylation sites is 1. The summed E-state index contributed by atoms with van der Waals surface area (Å²) in [5, 5.41) is 0.889. The van der Waals surface area contributed by atoms with Crippen molar-refractivity contribution in [2.24, 2.45) is 7.05 Å². The van der Waals surface area contributed by atoms with Crippen molar-refractivity contribution in [2.75, 3.05) is 6.61 Å². The lowest BCUT2D eigenvalue weighted by Gasteiger charge is -2.09. The molecule has 3 heteroatoms. The largest absolute Gasteiger partial charge is 0.480 e. The van der Waals surface area contributed by atoms with Crippen LogP contribution < -0.4 is 10.3 Å². The van der Waals surface area contributed by atoms with E-state index in [1.807, 2.05) is 24.3 Å². The second-order valence-corrected chi connectivity index (χ2v) is 3.42. The number of pyridine rings is 1. The number of nitrogens with zero attached hydrogens (tertiary/aromatic N) is 1. The van der Waals surface area contributed by atoms with Crippen molar-refractivity contribution in [3.63, 3.8) is 0 Å². The van der Waals surface area contributed by atoms with Crippen LogP contribution >= 0.6 is 0 Å². The van der Waals surface area contributed by atoms with Gasteiger partial charge in [0.1, 0.15) is 12.4 Å². The molecule has 16 heavy (non-hydrogen) atoms. The molecule has 1 aromatic heterocycles. The maximum Gasteiger partial charge on any atom is 0.254 e. The molecule has 0 unspecified atom stereocenters. The Kier molecular flexibility index (Phi) is 2.65. The molecule has 0 saturated heterocycles. The summed E-state index contributed by atoms with van der Waals surface area (Å²) in [7, 11) is 1.73. The van der Waals surface area contributed by atoms with Gasteiger partial charge in [0.25, 0.3) is 5.56 Å². The van der Waals surface area contributed by atoms with E-state index in [0.717, 1.165) is 10.9 Å². The van der Waals surface area contributed by atoms with E-state index in [-0.39, 0.29) is 12.2 Å². The maximum absolute atomic E-state index is 11.6. The van der Waals surface area contributed by atoms with Crippen molar-refractivity contribution in [2.45, 2.75) is 0 Å². The van der Waals surface area contributed by atoms with Crippen molar-refractivity contribution in [3.8, 4) is 18.1 Å². The summed E-state index contributed by atoms with van der Waals surface area (Å²) in [6.45, 7) is 0.164. The minimum absolute atomic E-state index is 0.106.